The van der Waals surface area contributed by atoms with E-state index in [4.69, 9.17) is 18.9 Å². The van der Waals surface area contributed by atoms with Crippen LogP contribution in [0.15, 0.2) is 51.4 Å². The van der Waals surface area contributed by atoms with Crippen LogP contribution in [0.5, 0.6) is 17.2 Å². The van der Waals surface area contributed by atoms with Gasteiger partial charge in [-0.2, -0.15) is 0 Å². The van der Waals surface area contributed by atoms with Crippen molar-refractivity contribution in [2.75, 3.05) is 27.9 Å². The summed E-state index contributed by atoms with van der Waals surface area (Å²) >= 11 is 5.70. The smallest absolute Gasteiger partial charge is 0.338 e. The fraction of sp³-hybridized carbons (Fsp3) is 0.269. The molecule has 37 heavy (non-hydrogen) atoms. The predicted molar refractivity (Wildman–Crippen MR) is 158 cm³/mol. The van der Waals surface area contributed by atoms with E-state index in [1.807, 2.05) is 18.2 Å². The van der Waals surface area contributed by atoms with E-state index in [1.165, 1.54) is 18.4 Å². The third kappa shape index (κ3) is 5.30. The molecule has 8 nitrogen and oxygen atoms in total. The molecule has 11 heteroatoms. The Morgan fingerprint density at radius 2 is 1.81 bits per heavy atom. The van der Waals surface area contributed by atoms with Gasteiger partial charge in [0, 0.05) is 11.6 Å². The van der Waals surface area contributed by atoms with Crippen molar-refractivity contribution >= 4 is 68.6 Å². The third-order valence-corrected chi connectivity index (χ3v) is 8.36. The highest BCUT2D eigenvalue weighted by molar-refractivity contribution is 14.1. The van der Waals surface area contributed by atoms with Crippen molar-refractivity contribution in [1.29, 1.82) is 0 Å². The molecule has 1 unspecified atom stereocenters. The van der Waals surface area contributed by atoms with Gasteiger partial charge in [-0.3, -0.25) is 9.36 Å². The van der Waals surface area contributed by atoms with Gasteiger partial charge >= 0.3 is 5.97 Å². The lowest BCUT2D eigenvalue weighted by atomic mass is 9.95. The summed E-state index contributed by atoms with van der Waals surface area (Å²) in [4.78, 5) is 32.1. The second-order valence-electron chi connectivity index (χ2n) is 7.93. The highest BCUT2D eigenvalue weighted by atomic mass is 127. The number of thiazole rings is 1. The van der Waals surface area contributed by atoms with Crippen LogP contribution in [0.1, 0.15) is 31.0 Å². The number of hydrogen-bond acceptors (Lipinski definition) is 8. The van der Waals surface area contributed by atoms with Crippen LogP contribution in [0, 0.1) is 7.14 Å². The second kappa shape index (κ2) is 11.6. The SMILES string of the molecule is CCOC(=O)C1=C(C)N=c2s/c(=C\c3cc(I)c(OC)c(I)c3)c(=O)n2C1c1ccc(OC)cc1OC. The summed E-state index contributed by atoms with van der Waals surface area (Å²) in [6.45, 7) is 3.69. The van der Waals surface area contributed by atoms with Crippen LogP contribution >= 0.6 is 56.5 Å². The van der Waals surface area contributed by atoms with Crippen LogP contribution in [0.3, 0.4) is 0 Å². The van der Waals surface area contributed by atoms with Gasteiger partial charge in [0.05, 0.1) is 50.9 Å². The van der Waals surface area contributed by atoms with E-state index in [0.29, 0.717) is 32.1 Å². The highest BCUT2D eigenvalue weighted by Gasteiger charge is 2.35. The molecule has 1 aliphatic rings. The number of allylic oxidation sites excluding steroid dienone is 1. The Labute approximate surface area is 244 Å². The Hall–Kier alpha value is -2.39. The monoisotopic (exact) mass is 746 g/mol. The van der Waals surface area contributed by atoms with Gasteiger partial charge in [-0.15, -0.1) is 0 Å². The standard InChI is InChI=1S/C26H24I2N2O6S/c1-6-36-25(32)21-13(2)29-26-30(22(21)16-8-7-15(33-3)12-19(16)34-4)24(31)20(37-26)11-14-9-17(27)23(35-5)18(28)10-14/h7-12,22H,6H2,1-5H3/b20-11-. The fourth-order valence-corrected chi connectivity index (χ4v) is 7.44. The molecule has 0 amide bonds. The van der Waals surface area contributed by atoms with E-state index in [1.54, 1.807) is 50.8 Å². The number of aromatic nitrogens is 1. The van der Waals surface area contributed by atoms with E-state index >= 15 is 0 Å². The Morgan fingerprint density at radius 1 is 1.11 bits per heavy atom. The normalized spacial score (nSPS) is 15.2. The van der Waals surface area contributed by atoms with E-state index < -0.39 is 12.0 Å². The molecular formula is C26H24I2N2O6S. The van der Waals surface area contributed by atoms with Crippen molar-refractivity contribution in [2.45, 2.75) is 19.9 Å². The number of fused-ring (bicyclic) bond motifs is 1. The molecule has 2 aromatic carbocycles. The number of rotatable bonds is 7. The lowest BCUT2D eigenvalue weighted by Gasteiger charge is -2.26. The van der Waals surface area contributed by atoms with Crippen LogP contribution in [0.25, 0.3) is 6.08 Å². The van der Waals surface area contributed by atoms with Crippen LogP contribution in [0.4, 0.5) is 0 Å². The van der Waals surface area contributed by atoms with Gasteiger partial charge in [0.2, 0.25) is 0 Å². The number of nitrogens with zero attached hydrogens (tertiary/aromatic N) is 2. The lowest BCUT2D eigenvalue weighted by Crippen LogP contribution is -2.40. The van der Waals surface area contributed by atoms with Crippen LogP contribution in [-0.2, 0) is 9.53 Å². The largest absolute Gasteiger partial charge is 0.497 e. The average molecular weight is 746 g/mol. The fourth-order valence-electron chi connectivity index (χ4n) is 4.14. The molecule has 0 saturated carbocycles. The maximum Gasteiger partial charge on any atom is 0.338 e. The van der Waals surface area contributed by atoms with E-state index in [2.05, 4.69) is 50.2 Å². The number of esters is 1. The second-order valence-corrected chi connectivity index (χ2v) is 11.3. The first-order valence-electron chi connectivity index (χ1n) is 11.2. The Kier molecular flexibility index (Phi) is 8.63. The molecule has 0 spiro atoms. The van der Waals surface area contributed by atoms with E-state index in [0.717, 1.165) is 18.5 Å². The van der Waals surface area contributed by atoms with Gasteiger partial charge in [-0.05, 0) is 94.9 Å². The van der Waals surface area contributed by atoms with Crippen LogP contribution in [0.2, 0.25) is 0 Å². The molecule has 0 fully saturated rings. The van der Waals surface area contributed by atoms with Crippen molar-refractivity contribution in [3.8, 4) is 17.2 Å². The molecule has 0 N–H and O–H groups in total. The molecule has 0 radical (unpaired) electrons. The van der Waals surface area contributed by atoms with Crippen molar-refractivity contribution in [1.82, 2.24) is 4.57 Å². The molecule has 1 aromatic heterocycles. The Morgan fingerprint density at radius 3 is 2.41 bits per heavy atom. The molecular weight excluding hydrogens is 722 g/mol. The molecule has 4 rings (SSSR count). The summed E-state index contributed by atoms with van der Waals surface area (Å²) in [7, 11) is 4.73. The average Bonchev–Trinajstić information content (AvgIpc) is 3.16. The van der Waals surface area contributed by atoms with Gasteiger partial charge in [0.25, 0.3) is 5.56 Å². The van der Waals surface area contributed by atoms with Gasteiger partial charge < -0.3 is 18.9 Å². The molecule has 0 aliphatic carbocycles. The summed E-state index contributed by atoms with van der Waals surface area (Å²) in [6.07, 6.45) is 1.83. The number of ether oxygens (including phenoxy) is 4. The summed E-state index contributed by atoms with van der Waals surface area (Å²) in [5, 5.41) is 0. The maximum atomic E-state index is 13.9. The summed E-state index contributed by atoms with van der Waals surface area (Å²) in [6, 6.07) is 8.43. The van der Waals surface area contributed by atoms with Gasteiger partial charge in [-0.25, -0.2) is 9.79 Å². The minimum Gasteiger partial charge on any atom is -0.497 e. The first-order valence-corrected chi connectivity index (χ1v) is 14.2. The molecule has 0 saturated heterocycles. The Balaban J connectivity index is 1.98. The molecule has 0 bridgehead atoms. The number of benzene rings is 2. The lowest BCUT2D eigenvalue weighted by molar-refractivity contribution is -0.139. The maximum absolute atomic E-state index is 13.9. The van der Waals surface area contributed by atoms with Crippen LogP contribution in [-0.4, -0.2) is 38.5 Å². The quantitative estimate of drug-likeness (QED) is 0.268. The number of carbonyl (C=O) groups excluding carboxylic acids is 1. The summed E-state index contributed by atoms with van der Waals surface area (Å²) < 4.78 is 25.7. The van der Waals surface area contributed by atoms with Crippen molar-refractivity contribution in [2.24, 2.45) is 4.99 Å². The summed E-state index contributed by atoms with van der Waals surface area (Å²) in [5.74, 6) is 1.34. The Bertz CT molecular complexity index is 1570. The minimum atomic E-state index is -0.783. The first kappa shape index (κ1) is 27.6. The number of hydrogen-bond donors (Lipinski definition) is 0. The topological polar surface area (TPSA) is 88.4 Å². The van der Waals surface area contributed by atoms with Crippen molar-refractivity contribution in [3.63, 3.8) is 0 Å². The molecule has 194 valence electrons. The zero-order valence-electron chi connectivity index (χ0n) is 20.8. The minimum absolute atomic E-state index is 0.196. The molecule has 3 aromatic rings. The first-order chi connectivity index (χ1) is 17.7. The number of carbonyl (C=O) groups is 1. The number of halogens is 2. The van der Waals surface area contributed by atoms with Gasteiger partial charge in [-0.1, -0.05) is 11.3 Å². The number of methoxy groups -OCH3 is 3. The van der Waals surface area contributed by atoms with Crippen molar-refractivity contribution < 1.29 is 23.7 Å². The third-order valence-electron chi connectivity index (χ3n) is 5.77. The summed E-state index contributed by atoms with van der Waals surface area (Å²) in [5.41, 5.74) is 2.00. The molecule has 1 atom stereocenters. The van der Waals surface area contributed by atoms with Gasteiger partial charge in [0.15, 0.2) is 4.80 Å². The zero-order valence-corrected chi connectivity index (χ0v) is 25.9. The molecule has 2 heterocycles. The van der Waals surface area contributed by atoms with E-state index in [-0.39, 0.29) is 17.7 Å². The highest BCUT2D eigenvalue weighted by Crippen LogP contribution is 2.37. The van der Waals surface area contributed by atoms with Crippen LogP contribution < -0.4 is 29.1 Å². The predicted octanol–water partition coefficient (Wildman–Crippen LogP) is 4.03. The van der Waals surface area contributed by atoms with Gasteiger partial charge in [0.1, 0.15) is 23.3 Å². The van der Waals surface area contributed by atoms with Crippen molar-refractivity contribution in [3.05, 3.63) is 79.6 Å². The zero-order chi connectivity index (χ0) is 26.9. The van der Waals surface area contributed by atoms with E-state index in [9.17, 15) is 9.59 Å². The molecule has 1 aliphatic heterocycles.